The van der Waals surface area contributed by atoms with Crippen molar-refractivity contribution >= 4 is 10.0 Å². The highest BCUT2D eigenvalue weighted by atomic mass is 32.2. The highest BCUT2D eigenvalue weighted by Gasteiger charge is 2.16. The van der Waals surface area contributed by atoms with Crippen molar-refractivity contribution in [2.45, 2.75) is 11.9 Å². The molecule has 2 aromatic rings. The monoisotopic (exact) mass is 294 g/mol. The summed E-state index contributed by atoms with van der Waals surface area (Å²) in [7, 11) is -1.65. The lowest BCUT2D eigenvalue weighted by atomic mass is 10.2. The maximum Gasteiger partial charge on any atom is 0.215 e. The van der Waals surface area contributed by atoms with E-state index in [-0.39, 0.29) is 12.3 Å². The molecule has 1 aromatic carbocycles. The predicted octanol–water partition coefficient (Wildman–Crippen LogP) is 1.18. The zero-order chi connectivity index (χ0) is 14.6. The van der Waals surface area contributed by atoms with Gasteiger partial charge in [-0.15, -0.1) is 0 Å². The average molecular weight is 294 g/mol. The Morgan fingerprint density at radius 3 is 2.50 bits per heavy atom. The van der Waals surface area contributed by atoms with Crippen molar-refractivity contribution in [3.8, 4) is 0 Å². The van der Waals surface area contributed by atoms with Gasteiger partial charge in [0.1, 0.15) is 6.10 Å². The standard InChI is InChI=1S/C14H18N2O3S/c1-16-9-5-8-13(16)14(17)10-15-20(18,19)11-12-6-3-2-4-7-12/h2-9,14-15,17H,10-11H2,1H3/t14-/m0/s1. The van der Waals surface area contributed by atoms with Crippen LogP contribution in [-0.2, 0) is 22.8 Å². The van der Waals surface area contributed by atoms with Crippen molar-refractivity contribution in [3.63, 3.8) is 0 Å². The van der Waals surface area contributed by atoms with Gasteiger partial charge in [0.15, 0.2) is 0 Å². The maximum atomic E-state index is 11.9. The number of nitrogens with one attached hydrogen (secondary N) is 1. The smallest absolute Gasteiger partial charge is 0.215 e. The van der Waals surface area contributed by atoms with E-state index >= 15 is 0 Å². The SMILES string of the molecule is Cn1cccc1[C@@H](O)CNS(=O)(=O)Cc1ccccc1. The first-order chi connectivity index (χ1) is 9.48. The van der Waals surface area contributed by atoms with Gasteiger partial charge in [-0.3, -0.25) is 0 Å². The van der Waals surface area contributed by atoms with Crippen LogP contribution in [0.4, 0.5) is 0 Å². The molecule has 0 spiro atoms. The van der Waals surface area contributed by atoms with Gasteiger partial charge in [-0.25, -0.2) is 13.1 Å². The number of rotatable bonds is 6. The largest absolute Gasteiger partial charge is 0.386 e. The summed E-state index contributed by atoms with van der Waals surface area (Å²) in [6.07, 6.45) is 0.942. The highest BCUT2D eigenvalue weighted by Crippen LogP contribution is 2.12. The molecule has 2 N–H and O–H groups in total. The van der Waals surface area contributed by atoms with Gasteiger partial charge in [-0.05, 0) is 17.7 Å². The van der Waals surface area contributed by atoms with Crippen LogP contribution in [0.3, 0.4) is 0 Å². The van der Waals surface area contributed by atoms with Gasteiger partial charge >= 0.3 is 0 Å². The third-order valence-corrected chi connectivity index (χ3v) is 4.34. The molecule has 0 fully saturated rings. The number of hydrogen-bond acceptors (Lipinski definition) is 3. The van der Waals surface area contributed by atoms with Crippen molar-refractivity contribution < 1.29 is 13.5 Å². The predicted molar refractivity (Wildman–Crippen MR) is 77.4 cm³/mol. The minimum atomic E-state index is -3.45. The van der Waals surface area contributed by atoms with Gasteiger partial charge in [0, 0.05) is 25.5 Å². The van der Waals surface area contributed by atoms with Crippen LogP contribution < -0.4 is 4.72 Å². The lowest BCUT2D eigenvalue weighted by molar-refractivity contribution is 0.173. The van der Waals surface area contributed by atoms with Crippen molar-refractivity contribution in [1.82, 2.24) is 9.29 Å². The van der Waals surface area contributed by atoms with E-state index in [0.717, 1.165) is 0 Å². The van der Waals surface area contributed by atoms with Gasteiger partial charge in [-0.2, -0.15) is 0 Å². The number of aromatic nitrogens is 1. The fourth-order valence-electron chi connectivity index (χ4n) is 1.98. The number of hydrogen-bond donors (Lipinski definition) is 2. The zero-order valence-electron chi connectivity index (χ0n) is 11.2. The first-order valence-electron chi connectivity index (χ1n) is 6.28. The fraction of sp³-hybridized carbons (Fsp3) is 0.286. The number of benzene rings is 1. The molecule has 0 aliphatic carbocycles. The van der Waals surface area contributed by atoms with E-state index in [0.29, 0.717) is 11.3 Å². The quantitative estimate of drug-likeness (QED) is 0.840. The molecule has 2 rings (SSSR count). The maximum absolute atomic E-state index is 11.9. The molecule has 0 radical (unpaired) electrons. The number of nitrogens with zero attached hydrogens (tertiary/aromatic N) is 1. The van der Waals surface area contributed by atoms with Crippen LogP contribution in [0.2, 0.25) is 0 Å². The second-order valence-corrected chi connectivity index (χ2v) is 6.46. The lowest BCUT2D eigenvalue weighted by Gasteiger charge is -2.13. The third-order valence-electron chi connectivity index (χ3n) is 3.02. The van der Waals surface area contributed by atoms with Gasteiger partial charge in [0.05, 0.1) is 5.75 Å². The Labute approximate surface area is 118 Å². The topological polar surface area (TPSA) is 71.3 Å². The van der Waals surface area contributed by atoms with Gasteiger partial charge in [0.2, 0.25) is 10.0 Å². The summed E-state index contributed by atoms with van der Waals surface area (Å²) in [5.41, 5.74) is 1.39. The molecule has 5 nitrogen and oxygen atoms in total. The molecule has 0 saturated carbocycles. The minimum Gasteiger partial charge on any atom is -0.386 e. The molecular formula is C14H18N2O3S. The molecule has 20 heavy (non-hydrogen) atoms. The van der Waals surface area contributed by atoms with Gasteiger partial charge in [0.25, 0.3) is 0 Å². The highest BCUT2D eigenvalue weighted by molar-refractivity contribution is 7.88. The molecule has 0 unspecified atom stereocenters. The number of aliphatic hydroxyl groups excluding tert-OH is 1. The molecule has 108 valence electrons. The summed E-state index contributed by atoms with van der Waals surface area (Å²) in [5, 5.41) is 9.97. The summed E-state index contributed by atoms with van der Waals surface area (Å²) in [6.45, 7) is -0.0347. The molecule has 0 bridgehead atoms. The van der Waals surface area contributed by atoms with E-state index in [2.05, 4.69) is 4.72 Å². The Hall–Kier alpha value is -1.63. The molecule has 0 aliphatic heterocycles. The van der Waals surface area contributed by atoms with E-state index < -0.39 is 16.1 Å². The molecule has 1 heterocycles. The van der Waals surface area contributed by atoms with Gasteiger partial charge in [-0.1, -0.05) is 30.3 Å². The summed E-state index contributed by atoms with van der Waals surface area (Å²) < 4.78 is 28.1. The normalized spacial score (nSPS) is 13.3. The Morgan fingerprint density at radius 1 is 1.20 bits per heavy atom. The summed E-state index contributed by atoms with van der Waals surface area (Å²) in [5.74, 6) is -0.0896. The Morgan fingerprint density at radius 2 is 1.90 bits per heavy atom. The van der Waals surface area contributed by atoms with Crippen LogP contribution in [0.1, 0.15) is 17.4 Å². The van der Waals surface area contributed by atoms with Crippen LogP contribution in [0.15, 0.2) is 48.7 Å². The molecule has 1 atom stereocenters. The minimum absolute atomic E-state index is 0.0347. The molecular weight excluding hydrogens is 276 g/mol. The third kappa shape index (κ3) is 3.93. The fourth-order valence-corrected chi connectivity index (χ4v) is 3.12. The van der Waals surface area contributed by atoms with E-state index in [9.17, 15) is 13.5 Å². The first kappa shape index (κ1) is 14.8. The van der Waals surface area contributed by atoms with Crippen molar-refractivity contribution in [2.75, 3.05) is 6.54 Å². The van der Waals surface area contributed by atoms with Crippen LogP contribution in [-0.4, -0.2) is 24.6 Å². The second kappa shape index (κ2) is 6.21. The Bertz CT molecular complexity index is 650. The van der Waals surface area contributed by atoms with Gasteiger partial charge < -0.3 is 9.67 Å². The van der Waals surface area contributed by atoms with Crippen molar-refractivity contribution in [1.29, 1.82) is 0 Å². The Kier molecular flexibility index (Phi) is 4.59. The first-order valence-corrected chi connectivity index (χ1v) is 7.94. The van der Waals surface area contributed by atoms with E-state index in [1.54, 1.807) is 54.2 Å². The molecule has 6 heteroatoms. The van der Waals surface area contributed by atoms with Crippen LogP contribution in [0.5, 0.6) is 0 Å². The summed E-state index contributed by atoms with van der Waals surface area (Å²) in [4.78, 5) is 0. The second-order valence-electron chi connectivity index (χ2n) is 4.65. The molecule has 0 amide bonds. The number of sulfonamides is 1. The van der Waals surface area contributed by atoms with Crippen LogP contribution in [0, 0.1) is 0 Å². The summed E-state index contributed by atoms with van der Waals surface area (Å²) >= 11 is 0. The zero-order valence-corrected chi connectivity index (χ0v) is 12.0. The van der Waals surface area contributed by atoms with E-state index in [1.807, 2.05) is 6.07 Å². The molecule has 0 aliphatic rings. The van der Waals surface area contributed by atoms with E-state index in [4.69, 9.17) is 0 Å². The number of aryl methyl sites for hydroxylation is 1. The van der Waals surface area contributed by atoms with E-state index in [1.165, 1.54) is 0 Å². The average Bonchev–Trinajstić information content (AvgIpc) is 2.83. The summed E-state index contributed by atoms with van der Waals surface area (Å²) in [6, 6.07) is 12.5. The van der Waals surface area contributed by atoms with Crippen molar-refractivity contribution in [3.05, 3.63) is 59.9 Å². The number of aliphatic hydroxyl groups is 1. The van der Waals surface area contributed by atoms with Crippen LogP contribution in [0.25, 0.3) is 0 Å². The van der Waals surface area contributed by atoms with Crippen LogP contribution >= 0.6 is 0 Å². The Balaban J connectivity index is 1.94. The lowest BCUT2D eigenvalue weighted by Crippen LogP contribution is -2.30. The van der Waals surface area contributed by atoms with Crippen molar-refractivity contribution in [2.24, 2.45) is 7.05 Å². The molecule has 0 saturated heterocycles. The molecule has 1 aromatic heterocycles.